The van der Waals surface area contributed by atoms with Crippen LogP contribution in [0.15, 0.2) is 60.7 Å². The molecule has 1 saturated carbocycles. The van der Waals surface area contributed by atoms with Crippen LogP contribution in [0.2, 0.25) is 0 Å². The Morgan fingerprint density at radius 1 is 0.897 bits per heavy atom. The molecule has 0 N–H and O–H groups in total. The Hall–Kier alpha value is -2.46. The minimum atomic E-state index is 0.666. The van der Waals surface area contributed by atoms with Crippen LogP contribution in [0.3, 0.4) is 0 Å². The van der Waals surface area contributed by atoms with E-state index in [4.69, 9.17) is 4.74 Å². The molecule has 2 aromatic rings. The second-order valence-corrected chi connectivity index (χ2v) is 8.10. The van der Waals surface area contributed by atoms with E-state index in [-0.39, 0.29) is 0 Å². The first-order valence-corrected chi connectivity index (χ1v) is 11.3. The summed E-state index contributed by atoms with van der Waals surface area (Å²) in [5, 5.41) is 0. The van der Waals surface area contributed by atoms with Crippen molar-refractivity contribution in [2.75, 3.05) is 6.61 Å². The average Bonchev–Trinajstić information content (AvgIpc) is 2.77. The van der Waals surface area contributed by atoms with Gasteiger partial charge in [0.1, 0.15) is 5.75 Å². The van der Waals surface area contributed by atoms with Gasteiger partial charge in [-0.05, 0) is 91.8 Å². The van der Waals surface area contributed by atoms with Crippen LogP contribution in [0.4, 0.5) is 0 Å². The van der Waals surface area contributed by atoms with Crippen molar-refractivity contribution >= 4 is 0 Å². The zero-order valence-corrected chi connectivity index (χ0v) is 18.0. The lowest BCUT2D eigenvalue weighted by Gasteiger charge is -2.27. The van der Waals surface area contributed by atoms with Crippen LogP contribution >= 0.6 is 0 Å². The van der Waals surface area contributed by atoms with Crippen molar-refractivity contribution < 1.29 is 4.74 Å². The maximum Gasteiger partial charge on any atom is 0.119 e. The summed E-state index contributed by atoms with van der Waals surface area (Å²) in [5.41, 5.74) is 3.96. The fraction of sp³-hybridized carbons (Fsp3) is 0.429. The molecule has 1 aliphatic rings. The first-order valence-electron chi connectivity index (χ1n) is 11.3. The van der Waals surface area contributed by atoms with Crippen molar-refractivity contribution in [3.63, 3.8) is 0 Å². The lowest BCUT2D eigenvalue weighted by atomic mass is 9.78. The van der Waals surface area contributed by atoms with Gasteiger partial charge in [0.2, 0.25) is 0 Å². The summed E-state index contributed by atoms with van der Waals surface area (Å²) in [6.45, 7) is 5.15. The lowest BCUT2D eigenvalue weighted by molar-refractivity contribution is 0.317. The zero-order chi connectivity index (χ0) is 20.3. The first kappa shape index (κ1) is 21.3. The van der Waals surface area contributed by atoms with Crippen molar-refractivity contribution in [3.05, 3.63) is 77.4 Å². The van der Waals surface area contributed by atoms with Gasteiger partial charge in [-0.25, -0.2) is 0 Å². The van der Waals surface area contributed by atoms with E-state index in [0.717, 1.165) is 30.8 Å². The number of ether oxygens (including phenoxy) is 1. The summed E-state index contributed by atoms with van der Waals surface area (Å²) in [4.78, 5) is 0. The van der Waals surface area contributed by atoms with Crippen LogP contribution in [0, 0.1) is 17.8 Å². The maximum atomic E-state index is 5.70. The van der Waals surface area contributed by atoms with E-state index in [1.807, 2.05) is 0 Å². The van der Waals surface area contributed by atoms with Crippen molar-refractivity contribution in [1.82, 2.24) is 0 Å². The van der Waals surface area contributed by atoms with Crippen molar-refractivity contribution in [2.45, 2.75) is 64.7 Å². The standard InChI is InChI=1S/C28H34O/c1-3-7-23-10-12-24(13-11-23)8-5-6-9-25-14-16-26(17-15-25)27-18-20-28(21-19-27)29-22-4-2/h6,9-13,18-21,25-26H,3-4,7,14-17,22H2,1-2H3/b9-6+. The van der Waals surface area contributed by atoms with Crippen molar-refractivity contribution in [3.8, 4) is 17.6 Å². The van der Waals surface area contributed by atoms with E-state index >= 15 is 0 Å². The molecule has 0 atom stereocenters. The molecular weight excluding hydrogens is 352 g/mol. The average molecular weight is 387 g/mol. The largest absolute Gasteiger partial charge is 0.494 e. The minimum absolute atomic E-state index is 0.666. The molecule has 0 aromatic heterocycles. The Morgan fingerprint density at radius 3 is 2.28 bits per heavy atom. The monoisotopic (exact) mass is 386 g/mol. The molecule has 0 radical (unpaired) electrons. The molecule has 1 nitrogen and oxygen atoms in total. The third-order valence-electron chi connectivity index (χ3n) is 5.76. The fourth-order valence-electron chi connectivity index (χ4n) is 4.05. The normalized spacial score (nSPS) is 19.0. The highest BCUT2D eigenvalue weighted by atomic mass is 16.5. The number of benzene rings is 2. The van der Waals surface area contributed by atoms with Crippen LogP contribution < -0.4 is 4.74 Å². The Bertz CT molecular complexity index is 809. The lowest BCUT2D eigenvalue weighted by Crippen LogP contribution is -2.11. The smallest absolute Gasteiger partial charge is 0.119 e. The Kier molecular flexibility index (Phi) is 8.44. The van der Waals surface area contributed by atoms with Crippen molar-refractivity contribution in [1.29, 1.82) is 0 Å². The van der Waals surface area contributed by atoms with Gasteiger partial charge in [0.05, 0.1) is 6.61 Å². The van der Waals surface area contributed by atoms with Gasteiger partial charge in [-0.1, -0.05) is 62.5 Å². The summed E-state index contributed by atoms with van der Waals surface area (Å²) >= 11 is 0. The van der Waals surface area contributed by atoms with Gasteiger partial charge in [-0.3, -0.25) is 0 Å². The second kappa shape index (κ2) is 11.5. The topological polar surface area (TPSA) is 9.23 Å². The van der Waals surface area contributed by atoms with Crippen LogP contribution in [0.1, 0.15) is 75.0 Å². The molecule has 0 amide bonds. The van der Waals surface area contributed by atoms with Gasteiger partial charge >= 0.3 is 0 Å². The number of hydrogen-bond donors (Lipinski definition) is 0. The summed E-state index contributed by atoms with van der Waals surface area (Å²) < 4.78 is 5.70. The highest BCUT2D eigenvalue weighted by Crippen LogP contribution is 2.36. The predicted octanol–water partition coefficient (Wildman–Crippen LogP) is 7.31. The third kappa shape index (κ3) is 6.82. The number of rotatable bonds is 7. The van der Waals surface area contributed by atoms with Gasteiger partial charge in [-0.15, -0.1) is 0 Å². The quantitative estimate of drug-likeness (QED) is 0.453. The Labute approximate surface area is 177 Å². The molecule has 3 rings (SSSR count). The number of allylic oxidation sites excluding steroid dienone is 2. The Morgan fingerprint density at radius 2 is 1.62 bits per heavy atom. The van der Waals surface area contributed by atoms with Gasteiger partial charge in [0.15, 0.2) is 0 Å². The SMILES string of the molecule is CCCOc1ccc(C2CCC(/C=C/C#Cc3ccc(CCC)cc3)CC2)cc1. The van der Waals surface area contributed by atoms with Crippen LogP contribution in [0.5, 0.6) is 5.75 Å². The van der Waals surface area contributed by atoms with Crippen LogP contribution in [0.25, 0.3) is 0 Å². The van der Waals surface area contributed by atoms with Crippen LogP contribution in [-0.2, 0) is 6.42 Å². The van der Waals surface area contributed by atoms with E-state index in [1.165, 1.54) is 43.2 Å². The third-order valence-corrected chi connectivity index (χ3v) is 5.76. The van der Waals surface area contributed by atoms with Crippen LogP contribution in [-0.4, -0.2) is 6.61 Å². The van der Waals surface area contributed by atoms with Gasteiger partial charge in [-0.2, -0.15) is 0 Å². The summed E-state index contributed by atoms with van der Waals surface area (Å²) in [6, 6.07) is 17.4. The zero-order valence-electron chi connectivity index (χ0n) is 18.0. The number of aryl methyl sites for hydroxylation is 1. The molecule has 152 valence electrons. The summed E-state index contributed by atoms with van der Waals surface area (Å²) in [6.07, 6.45) is 12.8. The molecule has 0 aliphatic heterocycles. The van der Waals surface area contributed by atoms with E-state index in [0.29, 0.717) is 11.8 Å². The summed E-state index contributed by atoms with van der Waals surface area (Å²) in [7, 11) is 0. The summed E-state index contributed by atoms with van der Waals surface area (Å²) in [5.74, 6) is 8.83. The first-order chi connectivity index (χ1) is 14.3. The van der Waals surface area contributed by atoms with E-state index in [2.05, 4.69) is 86.4 Å². The Balaban J connectivity index is 1.45. The second-order valence-electron chi connectivity index (χ2n) is 8.10. The minimum Gasteiger partial charge on any atom is -0.494 e. The van der Waals surface area contributed by atoms with Crippen molar-refractivity contribution in [2.24, 2.45) is 5.92 Å². The maximum absolute atomic E-state index is 5.70. The molecule has 29 heavy (non-hydrogen) atoms. The molecule has 0 unspecified atom stereocenters. The van der Waals surface area contributed by atoms with E-state index < -0.39 is 0 Å². The molecule has 0 saturated heterocycles. The van der Waals surface area contributed by atoms with E-state index in [1.54, 1.807) is 0 Å². The van der Waals surface area contributed by atoms with Gasteiger partial charge < -0.3 is 4.74 Å². The molecule has 1 fully saturated rings. The molecular formula is C28H34O. The van der Waals surface area contributed by atoms with Gasteiger partial charge in [0.25, 0.3) is 0 Å². The number of hydrogen-bond acceptors (Lipinski definition) is 1. The molecule has 0 spiro atoms. The fourth-order valence-corrected chi connectivity index (χ4v) is 4.05. The molecule has 0 heterocycles. The molecule has 2 aromatic carbocycles. The highest BCUT2D eigenvalue weighted by Gasteiger charge is 2.20. The molecule has 0 bridgehead atoms. The molecule has 1 aliphatic carbocycles. The van der Waals surface area contributed by atoms with E-state index in [9.17, 15) is 0 Å². The van der Waals surface area contributed by atoms with Gasteiger partial charge in [0, 0.05) is 5.56 Å². The predicted molar refractivity (Wildman–Crippen MR) is 123 cm³/mol. The molecule has 1 heteroatoms. The highest BCUT2D eigenvalue weighted by molar-refractivity contribution is 5.38.